The maximum atomic E-state index is 11.2. The van der Waals surface area contributed by atoms with Crippen molar-refractivity contribution >= 4 is 5.91 Å². The molecule has 0 heterocycles. The van der Waals surface area contributed by atoms with Crippen LogP contribution in [0.5, 0.6) is 0 Å². The van der Waals surface area contributed by atoms with E-state index in [-0.39, 0.29) is 5.91 Å². The maximum Gasteiger partial charge on any atom is 0.233 e. The Labute approximate surface area is 86.6 Å². The van der Waals surface area contributed by atoms with Crippen molar-refractivity contribution in [1.82, 2.24) is 10.6 Å². The number of hydrogen-bond donors (Lipinski definition) is 2. The molecule has 3 heteroatoms. The third-order valence-corrected chi connectivity index (χ3v) is 2.04. The van der Waals surface area contributed by atoms with Crippen LogP contribution in [0, 0.1) is 12.3 Å². The zero-order chi connectivity index (χ0) is 10.8. The number of amides is 1. The topological polar surface area (TPSA) is 41.1 Å². The van der Waals surface area contributed by atoms with Gasteiger partial charge in [0.25, 0.3) is 0 Å². The SMILES string of the molecule is C#CCCCNC(=O)CNC(C)CC. The summed E-state index contributed by atoms with van der Waals surface area (Å²) in [7, 11) is 0. The van der Waals surface area contributed by atoms with Crippen molar-refractivity contribution in [2.24, 2.45) is 0 Å². The molecule has 0 bridgehead atoms. The van der Waals surface area contributed by atoms with Crippen LogP contribution in [0.15, 0.2) is 0 Å². The molecule has 80 valence electrons. The molecular weight excluding hydrogens is 176 g/mol. The molecule has 14 heavy (non-hydrogen) atoms. The minimum atomic E-state index is 0.0438. The van der Waals surface area contributed by atoms with Gasteiger partial charge in [-0.15, -0.1) is 12.3 Å². The molecule has 0 fully saturated rings. The first-order chi connectivity index (χ1) is 6.70. The number of hydrogen-bond acceptors (Lipinski definition) is 2. The van der Waals surface area contributed by atoms with E-state index in [1.165, 1.54) is 0 Å². The van der Waals surface area contributed by atoms with Gasteiger partial charge in [0.1, 0.15) is 0 Å². The Bertz CT molecular complexity index is 196. The minimum absolute atomic E-state index is 0.0438. The van der Waals surface area contributed by atoms with Gasteiger partial charge >= 0.3 is 0 Å². The molecule has 0 aromatic carbocycles. The van der Waals surface area contributed by atoms with Gasteiger partial charge < -0.3 is 10.6 Å². The van der Waals surface area contributed by atoms with Crippen LogP contribution in [-0.2, 0) is 4.79 Å². The van der Waals surface area contributed by atoms with Gasteiger partial charge in [-0.25, -0.2) is 0 Å². The van der Waals surface area contributed by atoms with Gasteiger partial charge in [-0.2, -0.15) is 0 Å². The Kier molecular flexibility index (Phi) is 7.96. The number of nitrogens with one attached hydrogen (secondary N) is 2. The molecule has 0 saturated carbocycles. The molecular formula is C11H20N2O. The molecule has 0 aliphatic carbocycles. The van der Waals surface area contributed by atoms with Crippen molar-refractivity contribution < 1.29 is 4.79 Å². The van der Waals surface area contributed by atoms with Crippen LogP contribution in [0.4, 0.5) is 0 Å². The van der Waals surface area contributed by atoms with E-state index >= 15 is 0 Å². The standard InChI is InChI=1S/C11H20N2O/c1-4-6-7-8-12-11(14)9-13-10(3)5-2/h1,10,13H,5-9H2,2-3H3,(H,12,14). The van der Waals surface area contributed by atoms with Crippen molar-refractivity contribution in [3.8, 4) is 12.3 Å². The van der Waals surface area contributed by atoms with Crippen LogP contribution in [0.25, 0.3) is 0 Å². The van der Waals surface area contributed by atoms with Gasteiger partial charge in [0.2, 0.25) is 5.91 Å². The first-order valence-electron chi connectivity index (χ1n) is 5.14. The van der Waals surface area contributed by atoms with E-state index in [0.29, 0.717) is 19.1 Å². The highest BCUT2D eigenvalue weighted by Gasteiger charge is 2.02. The first kappa shape index (κ1) is 13.0. The van der Waals surface area contributed by atoms with Gasteiger partial charge in [-0.3, -0.25) is 4.79 Å². The lowest BCUT2D eigenvalue weighted by Crippen LogP contribution is -2.38. The highest BCUT2D eigenvalue weighted by Crippen LogP contribution is 1.86. The fraction of sp³-hybridized carbons (Fsp3) is 0.727. The molecule has 0 saturated heterocycles. The summed E-state index contributed by atoms with van der Waals surface area (Å²) in [4.78, 5) is 11.2. The molecule has 0 aromatic rings. The lowest BCUT2D eigenvalue weighted by molar-refractivity contribution is -0.120. The molecule has 0 radical (unpaired) electrons. The van der Waals surface area contributed by atoms with E-state index in [4.69, 9.17) is 6.42 Å². The number of carbonyl (C=O) groups is 1. The molecule has 0 aliphatic heterocycles. The Morgan fingerprint density at radius 2 is 2.29 bits per heavy atom. The second kappa shape index (κ2) is 8.58. The fourth-order valence-corrected chi connectivity index (χ4v) is 0.892. The summed E-state index contributed by atoms with van der Waals surface area (Å²) in [6.45, 7) is 5.21. The smallest absolute Gasteiger partial charge is 0.233 e. The van der Waals surface area contributed by atoms with Crippen molar-refractivity contribution in [3.05, 3.63) is 0 Å². The van der Waals surface area contributed by atoms with Crippen LogP contribution >= 0.6 is 0 Å². The Balaban J connectivity index is 3.33. The molecule has 0 aliphatic rings. The van der Waals surface area contributed by atoms with Crippen molar-refractivity contribution in [1.29, 1.82) is 0 Å². The Morgan fingerprint density at radius 1 is 1.57 bits per heavy atom. The second-order valence-electron chi connectivity index (χ2n) is 3.35. The lowest BCUT2D eigenvalue weighted by Gasteiger charge is -2.10. The van der Waals surface area contributed by atoms with Gasteiger partial charge in [0.05, 0.1) is 6.54 Å². The first-order valence-corrected chi connectivity index (χ1v) is 5.14. The predicted molar refractivity (Wildman–Crippen MR) is 58.8 cm³/mol. The second-order valence-corrected chi connectivity index (χ2v) is 3.35. The van der Waals surface area contributed by atoms with E-state index in [9.17, 15) is 4.79 Å². The fourth-order valence-electron chi connectivity index (χ4n) is 0.892. The highest BCUT2D eigenvalue weighted by atomic mass is 16.1. The average Bonchev–Trinajstić information content (AvgIpc) is 2.21. The van der Waals surface area contributed by atoms with Crippen LogP contribution in [0.1, 0.15) is 33.1 Å². The molecule has 0 rings (SSSR count). The summed E-state index contributed by atoms with van der Waals surface area (Å²) in [5, 5.41) is 5.92. The van der Waals surface area contributed by atoms with E-state index < -0.39 is 0 Å². The molecule has 0 aromatic heterocycles. The molecule has 3 nitrogen and oxygen atoms in total. The van der Waals surface area contributed by atoms with Gasteiger partial charge in [0.15, 0.2) is 0 Å². The van der Waals surface area contributed by atoms with E-state index in [1.807, 2.05) is 0 Å². The third-order valence-electron chi connectivity index (χ3n) is 2.04. The summed E-state index contributed by atoms with van der Waals surface area (Å²) in [5.74, 6) is 2.58. The molecule has 0 spiro atoms. The lowest BCUT2D eigenvalue weighted by atomic mass is 10.2. The maximum absolute atomic E-state index is 11.2. The van der Waals surface area contributed by atoms with Crippen LogP contribution in [0.2, 0.25) is 0 Å². The van der Waals surface area contributed by atoms with Crippen LogP contribution < -0.4 is 10.6 Å². The van der Waals surface area contributed by atoms with Gasteiger partial charge in [-0.1, -0.05) is 6.92 Å². The van der Waals surface area contributed by atoms with Gasteiger partial charge in [0, 0.05) is 19.0 Å². The monoisotopic (exact) mass is 196 g/mol. The average molecular weight is 196 g/mol. The van der Waals surface area contributed by atoms with Gasteiger partial charge in [-0.05, 0) is 19.8 Å². The number of unbranched alkanes of at least 4 members (excludes halogenated alkanes) is 1. The zero-order valence-electron chi connectivity index (χ0n) is 9.10. The molecule has 1 amide bonds. The summed E-state index contributed by atoms with van der Waals surface area (Å²) >= 11 is 0. The number of rotatable bonds is 7. The highest BCUT2D eigenvalue weighted by molar-refractivity contribution is 5.77. The third kappa shape index (κ3) is 7.63. The zero-order valence-corrected chi connectivity index (χ0v) is 9.10. The molecule has 1 unspecified atom stereocenters. The van der Waals surface area contributed by atoms with E-state index in [1.54, 1.807) is 0 Å². The Morgan fingerprint density at radius 3 is 2.86 bits per heavy atom. The van der Waals surface area contributed by atoms with Crippen LogP contribution in [-0.4, -0.2) is 25.0 Å². The summed E-state index contributed by atoms with van der Waals surface area (Å²) in [5.41, 5.74) is 0. The van der Waals surface area contributed by atoms with E-state index in [2.05, 4.69) is 30.4 Å². The summed E-state index contributed by atoms with van der Waals surface area (Å²) in [6.07, 6.45) is 7.69. The summed E-state index contributed by atoms with van der Waals surface area (Å²) in [6, 6.07) is 0.395. The van der Waals surface area contributed by atoms with Crippen molar-refractivity contribution in [2.75, 3.05) is 13.1 Å². The molecule has 1 atom stereocenters. The minimum Gasteiger partial charge on any atom is -0.355 e. The Hall–Kier alpha value is -1.01. The predicted octanol–water partition coefficient (Wildman–Crippen LogP) is 0.904. The van der Waals surface area contributed by atoms with Crippen molar-refractivity contribution in [2.45, 2.75) is 39.2 Å². The van der Waals surface area contributed by atoms with E-state index in [0.717, 1.165) is 19.3 Å². The number of terminal acetylenes is 1. The van der Waals surface area contributed by atoms with Crippen molar-refractivity contribution in [3.63, 3.8) is 0 Å². The summed E-state index contributed by atoms with van der Waals surface area (Å²) < 4.78 is 0. The van der Waals surface area contributed by atoms with Crippen LogP contribution in [0.3, 0.4) is 0 Å². The number of carbonyl (C=O) groups excluding carboxylic acids is 1. The molecule has 2 N–H and O–H groups in total. The largest absolute Gasteiger partial charge is 0.355 e. The normalized spacial score (nSPS) is 11.8. The quantitative estimate of drug-likeness (QED) is 0.469.